The first kappa shape index (κ1) is 18.7. The summed E-state index contributed by atoms with van der Waals surface area (Å²) in [6.45, 7) is 0.541. The molecule has 0 fully saturated rings. The van der Waals surface area contributed by atoms with E-state index in [1.807, 2.05) is 36.0 Å². The van der Waals surface area contributed by atoms with Gasteiger partial charge in [0, 0.05) is 22.9 Å². The van der Waals surface area contributed by atoms with Crippen LogP contribution in [0, 0.1) is 0 Å². The fourth-order valence-electron chi connectivity index (χ4n) is 1.72. The van der Waals surface area contributed by atoms with Crippen molar-refractivity contribution >= 4 is 39.2 Å². The Labute approximate surface area is 136 Å². The summed E-state index contributed by atoms with van der Waals surface area (Å²) < 4.78 is 26.3. The van der Waals surface area contributed by atoms with E-state index in [1.54, 1.807) is 0 Å². The molecule has 0 aromatic heterocycles. The summed E-state index contributed by atoms with van der Waals surface area (Å²) >= 11 is 3.33. The monoisotopic (exact) mass is 348 g/mol. The van der Waals surface area contributed by atoms with Crippen LogP contribution >= 0.6 is 23.5 Å². The molecule has 0 atom stereocenters. The van der Waals surface area contributed by atoms with Crippen LogP contribution in [0.1, 0.15) is 19.3 Å². The molecule has 0 saturated carbocycles. The van der Waals surface area contributed by atoms with Crippen molar-refractivity contribution in [2.45, 2.75) is 24.2 Å². The molecule has 0 heterocycles. The lowest BCUT2D eigenvalue weighted by molar-refractivity contribution is 0.578. The Bertz CT molecular complexity index is 507. The summed E-state index contributed by atoms with van der Waals surface area (Å²) in [6.07, 6.45) is 5.21. The van der Waals surface area contributed by atoms with Crippen molar-refractivity contribution in [1.82, 2.24) is 4.72 Å². The molecule has 0 aliphatic carbocycles. The van der Waals surface area contributed by atoms with E-state index < -0.39 is 10.0 Å². The number of unbranched alkanes of at least 4 members (excludes halogenated alkanes) is 2. The Balaban J connectivity index is 2.17. The first-order valence-electron chi connectivity index (χ1n) is 6.98. The van der Waals surface area contributed by atoms with E-state index in [0.717, 1.165) is 29.9 Å². The average molecular weight is 349 g/mol. The number of rotatable bonds is 11. The van der Waals surface area contributed by atoms with E-state index in [0.29, 0.717) is 18.0 Å². The topological polar surface area (TPSA) is 72.2 Å². The summed E-state index contributed by atoms with van der Waals surface area (Å²) in [7, 11) is -3.16. The second kappa shape index (κ2) is 10.4. The first-order valence-corrected chi connectivity index (χ1v) is 11.0. The highest BCUT2D eigenvalue weighted by molar-refractivity contribution is 8.00. The predicted octanol–water partition coefficient (Wildman–Crippen LogP) is 2.81. The van der Waals surface area contributed by atoms with Gasteiger partial charge in [-0.05, 0) is 43.0 Å². The van der Waals surface area contributed by atoms with Gasteiger partial charge in [0.05, 0.1) is 5.75 Å². The zero-order valence-electron chi connectivity index (χ0n) is 12.4. The molecule has 120 valence electrons. The smallest absolute Gasteiger partial charge is 0.212 e. The van der Waals surface area contributed by atoms with E-state index >= 15 is 0 Å². The molecule has 0 spiro atoms. The standard InChI is InChI=1S/C14H24N2O2S3/c1-19-9-4-2-3-8-16-21(17,18)11-10-20-14-7-5-6-13(15)12-14/h5-7,12,16H,2-4,8-11,15H2,1H3. The highest BCUT2D eigenvalue weighted by Crippen LogP contribution is 2.20. The predicted molar refractivity (Wildman–Crippen MR) is 95.6 cm³/mol. The van der Waals surface area contributed by atoms with Crippen LogP contribution < -0.4 is 10.5 Å². The van der Waals surface area contributed by atoms with E-state index in [-0.39, 0.29) is 5.75 Å². The fourth-order valence-corrected chi connectivity index (χ4v) is 4.65. The first-order chi connectivity index (χ1) is 10.0. The Morgan fingerprint density at radius 1 is 1.19 bits per heavy atom. The molecule has 1 aromatic rings. The van der Waals surface area contributed by atoms with E-state index in [1.165, 1.54) is 11.8 Å². The molecule has 1 aromatic carbocycles. The fraction of sp³-hybridized carbons (Fsp3) is 0.571. The molecule has 0 aliphatic heterocycles. The third kappa shape index (κ3) is 9.29. The molecular formula is C14H24N2O2S3. The maximum atomic E-state index is 11.8. The van der Waals surface area contributed by atoms with Crippen molar-refractivity contribution in [3.05, 3.63) is 24.3 Å². The van der Waals surface area contributed by atoms with E-state index in [2.05, 4.69) is 11.0 Å². The van der Waals surface area contributed by atoms with Crippen molar-refractivity contribution in [2.75, 3.05) is 35.8 Å². The van der Waals surface area contributed by atoms with Gasteiger partial charge < -0.3 is 5.73 Å². The Kier molecular flexibility index (Phi) is 9.23. The van der Waals surface area contributed by atoms with Crippen LogP contribution in [0.25, 0.3) is 0 Å². The zero-order chi connectivity index (χ0) is 15.6. The Morgan fingerprint density at radius 2 is 2.00 bits per heavy atom. The number of nitrogens with two attached hydrogens (primary N) is 1. The number of thioether (sulfide) groups is 2. The molecule has 0 unspecified atom stereocenters. The summed E-state index contributed by atoms with van der Waals surface area (Å²) in [4.78, 5) is 1.00. The zero-order valence-corrected chi connectivity index (χ0v) is 14.8. The van der Waals surface area contributed by atoms with Crippen molar-refractivity contribution in [1.29, 1.82) is 0 Å². The molecule has 21 heavy (non-hydrogen) atoms. The minimum Gasteiger partial charge on any atom is -0.399 e. The molecule has 1 rings (SSSR count). The van der Waals surface area contributed by atoms with Gasteiger partial charge in [0.25, 0.3) is 0 Å². The van der Waals surface area contributed by atoms with E-state index in [4.69, 9.17) is 5.73 Å². The number of hydrogen-bond donors (Lipinski definition) is 2. The van der Waals surface area contributed by atoms with Crippen LogP contribution in [0.15, 0.2) is 29.2 Å². The van der Waals surface area contributed by atoms with Crippen molar-refractivity contribution in [2.24, 2.45) is 0 Å². The molecule has 0 bridgehead atoms. The molecule has 3 N–H and O–H groups in total. The van der Waals surface area contributed by atoms with Crippen molar-refractivity contribution in [3.8, 4) is 0 Å². The molecule has 0 radical (unpaired) electrons. The highest BCUT2D eigenvalue weighted by atomic mass is 32.2. The molecule has 0 amide bonds. The number of benzene rings is 1. The molecule has 0 saturated heterocycles. The number of anilines is 1. The lowest BCUT2D eigenvalue weighted by atomic mass is 10.2. The number of nitrogen functional groups attached to an aromatic ring is 1. The third-order valence-electron chi connectivity index (χ3n) is 2.83. The van der Waals surface area contributed by atoms with Gasteiger partial charge in [-0.3, -0.25) is 0 Å². The second-order valence-corrected chi connectivity index (χ2v) is 8.77. The molecule has 4 nitrogen and oxygen atoms in total. The Hall–Kier alpha value is -0.370. The number of hydrogen-bond acceptors (Lipinski definition) is 5. The van der Waals surface area contributed by atoms with Gasteiger partial charge >= 0.3 is 0 Å². The van der Waals surface area contributed by atoms with Crippen molar-refractivity contribution in [3.63, 3.8) is 0 Å². The normalized spacial score (nSPS) is 11.7. The van der Waals surface area contributed by atoms with Crippen LogP contribution in [0.3, 0.4) is 0 Å². The van der Waals surface area contributed by atoms with Gasteiger partial charge in [0.1, 0.15) is 0 Å². The van der Waals surface area contributed by atoms with Crippen molar-refractivity contribution < 1.29 is 8.42 Å². The van der Waals surface area contributed by atoms with Gasteiger partial charge in [-0.1, -0.05) is 12.5 Å². The summed E-state index contributed by atoms with van der Waals surface area (Å²) in [6, 6.07) is 7.49. The maximum absolute atomic E-state index is 11.8. The largest absolute Gasteiger partial charge is 0.399 e. The summed E-state index contributed by atoms with van der Waals surface area (Å²) in [5.74, 6) is 1.81. The second-order valence-electron chi connectivity index (χ2n) is 4.69. The summed E-state index contributed by atoms with van der Waals surface area (Å²) in [5, 5.41) is 0. The van der Waals surface area contributed by atoms with Gasteiger partial charge in [-0.15, -0.1) is 11.8 Å². The van der Waals surface area contributed by atoms with Crippen LogP contribution in [-0.2, 0) is 10.0 Å². The molecular weight excluding hydrogens is 324 g/mol. The SMILES string of the molecule is CSCCCCCNS(=O)(=O)CCSc1cccc(N)c1. The molecule has 0 aliphatic rings. The minimum absolute atomic E-state index is 0.136. The highest BCUT2D eigenvalue weighted by Gasteiger charge is 2.09. The molecule has 7 heteroatoms. The number of sulfonamides is 1. The van der Waals surface area contributed by atoms with Crippen LogP contribution in [0.2, 0.25) is 0 Å². The number of nitrogens with one attached hydrogen (secondary N) is 1. The quantitative estimate of drug-likeness (QED) is 0.365. The summed E-state index contributed by atoms with van der Waals surface area (Å²) in [5.41, 5.74) is 6.39. The average Bonchev–Trinajstić information content (AvgIpc) is 2.42. The van der Waals surface area contributed by atoms with Gasteiger partial charge in [-0.2, -0.15) is 11.8 Å². The van der Waals surface area contributed by atoms with E-state index in [9.17, 15) is 8.42 Å². The van der Waals surface area contributed by atoms with Gasteiger partial charge in [0.15, 0.2) is 0 Å². The lowest BCUT2D eigenvalue weighted by Crippen LogP contribution is -2.28. The van der Waals surface area contributed by atoms with Crippen LogP contribution in [-0.4, -0.2) is 38.5 Å². The maximum Gasteiger partial charge on any atom is 0.212 e. The lowest BCUT2D eigenvalue weighted by Gasteiger charge is -2.07. The minimum atomic E-state index is -3.16. The van der Waals surface area contributed by atoms with Gasteiger partial charge in [0.2, 0.25) is 10.0 Å². The van der Waals surface area contributed by atoms with Crippen LogP contribution in [0.4, 0.5) is 5.69 Å². The third-order valence-corrected chi connectivity index (χ3v) is 6.16. The van der Waals surface area contributed by atoms with Crippen LogP contribution in [0.5, 0.6) is 0 Å². The Morgan fingerprint density at radius 3 is 2.71 bits per heavy atom. The van der Waals surface area contributed by atoms with Gasteiger partial charge in [-0.25, -0.2) is 13.1 Å².